The standard InChI is InChI=1S/C34H38O10/c1-3-31(35)41-23-22-40-27-13-10-26(11-14-27)12-19-32(36)43-30-17-15-28(16-18-30)39-20-7-21-42-34(38)25(2)24-33(37)44-29-8-5-4-6-9-29/h3,10-19,29H,1-2,4-9,20-24H2/b19-12+. The van der Waals surface area contributed by atoms with E-state index in [-0.39, 0.29) is 44.5 Å². The van der Waals surface area contributed by atoms with Gasteiger partial charge in [-0.15, -0.1) is 0 Å². The van der Waals surface area contributed by atoms with E-state index in [0.717, 1.165) is 43.7 Å². The molecule has 1 saturated carbocycles. The van der Waals surface area contributed by atoms with Crippen molar-refractivity contribution >= 4 is 30.0 Å². The van der Waals surface area contributed by atoms with Crippen LogP contribution in [0.5, 0.6) is 17.2 Å². The van der Waals surface area contributed by atoms with Crippen molar-refractivity contribution < 1.29 is 47.6 Å². The second-order valence-corrected chi connectivity index (χ2v) is 9.88. The topological polar surface area (TPSA) is 124 Å². The molecule has 0 radical (unpaired) electrons. The first-order valence-electron chi connectivity index (χ1n) is 14.5. The summed E-state index contributed by atoms with van der Waals surface area (Å²) in [6.45, 7) is 7.68. The molecule has 0 bridgehead atoms. The first kappa shape index (κ1) is 33.6. The Morgan fingerprint density at radius 3 is 2.07 bits per heavy atom. The quantitative estimate of drug-likeness (QED) is 0.0745. The van der Waals surface area contributed by atoms with E-state index in [2.05, 4.69) is 13.2 Å². The summed E-state index contributed by atoms with van der Waals surface area (Å²) in [4.78, 5) is 47.3. The smallest absolute Gasteiger partial charge is 0.336 e. The van der Waals surface area contributed by atoms with Gasteiger partial charge in [-0.1, -0.05) is 31.7 Å². The average Bonchev–Trinajstić information content (AvgIpc) is 3.03. The van der Waals surface area contributed by atoms with Crippen molar-refractivity contribution in [2.45, 2.75) is 51.0 Å². The monoisotopic (exact) mass is 606 g/mol. The van der Waals surface area contributed by atoms with E-state index in [0.29, 0.717) is 23.7 Å². The molecule has 2 aromatic carbocycles. The van der Waals surface area contributed by atoms with Crippen molar-refractivity contribution in [1.82, 2.24) is 0 Å². The molecule has 2 aromatic rings. The summed E-state index contributed by atoms with van der Waals surface area (Å²) in [6.07, 6.45) is 9.18. The molecule has 0 aliphatic heterocycles. The highest BCUT2D eigenvalue weighted by atomic mass is 16.6. The third kappa shape index (κ3) is 13.0. The minimum atomic E-state index is -0.627. The molecule has 234 valence electrons. The third-order valence-corrected chi connectivity index (χ3v) is 6.38. The molecule has 0 amide bonds. The van der Waals surface area contributed by atoms with E-state index in [1.807, 2.05) is 0 Å². The van der Waals surface area contributed by atoms with Crippen LogP contribution in [0.15, 0.2) is 79.4 Å². The molecule has 44 heavy (non-hydrogen) atoms. The zero-order valence-electron chi connectivity index (χ0n) is 24.7. The SMILES string of the molecule is C=CC(=O)OCCOc1ccc(/C=C/C(=O)Oc2ccc(OCCCOC(=O)C(=C)CC(=O)OC3CCCCC3)cc2)cc1. The van der Waals surface area contributed by atoms with Gasteiger partial charge in [0.05, 0.1) is 19.6 Å². The minimum absolute atomic E-state index is 0.0663. The predicted molar refractivity (Wildman–Crippen MR) is 162 cm³/mol. The Kier molecular flexibility index (Phi) is 14.2. The van der Waals surface area contributed by atoms with Crippen LogP contribution < -0.4 is 14.2 Å². The third-order valence-electron chi connectivity index (χ3n) is 6.38. The Balaban J connectivity index is 1.28. The molecule has 1 aliphatic rings. The summed E-state index contributed by atoms with van der Waals surface area (Å²) in [7, 11) is 0. The van der Waals surface area contributed by atoms with Crippen LogP contribution in [0.25, 0.3) is 6.08 Å². The van der Waals surface area contributed by atoms with Gasteiger partial charge in [-0.3, -0.25) is 4.79 Å². The van der Waals surface area contributed by atoms with E-state index in [1.54, 1.807) is 54.6 Å². The van der Waals surface area contributed by atoms with Crippen LogP contribution in [-0.2, 0) is 33.4 Å². The van der Waals surface area contributed by atoms with Gasteiger partial charge >= 0.3 is 23.9 Å². The van der Waals surface area contributed by atoms with Crippen molar-refractivity contribution in [3.8, 4) is 17.2 Å². The molecule has 0 unspecified atom stereocenters. The highest BCUT2D eigenvalue weighted by Crippen LogP contribution is 2.21. The lowest BCUT2D eigenvalue weighted by molar-refractivity contribution is -0.151. The van der Waals surface area contributed by atoms with Crippen molar-refractivity contribution in [2.75, 3.05) is 26.4 Å². The zero-order chi connectivity index (χ0) is 31.6. The number of carbonyl (C=O) groups is 4. The van der Waals surface area contributed by atoms with Crippen LogP contribution >= 0.6 is 0 Å². The van der Waals surface area contributed by atoms with Gasteiger partial charge in [-0.2, -0.15) is 0 Å². The number of carbonyl (C=O) groups excluding carboxylic acids is 4. The van der Waals surface area contributed by atoms with Gasteiger partial charge in [0.2, 0.25) is 0 Å². The Morgan fingerprint density at radius 1 is 0.750 bits per heavy atom. The summed E-state index contributed by atoms with van der Waals surface area (Å²) in [5.74, 6) is -0.631. The number of hydrogen-bond acceptors (Lipinski definition) is 10. The fraction of sp³-hybridized carbons (Fsp3) is 0.353. The van der Waals surface area contributed by atoms with Crippen LogP contribution in [0, 0.1) is 0 Å². The molecule has 1 aliphatic carbocycles. The van der Waals surface area contributed by atoms with Crippen molar-refractivity contribution in [1.29, 1.82) is 0 Å². The largest absolute Gasteiger partial charge is 0.493 e. The molecular formula is C34H38O10. The summed E-state index contributed by atoms with van der Waals surface area (Å²) in [6, 6.07) is 13.5. The highest BCUT2D eigenvalue weighted by Gasteiger charge is 2.20. The summed E-state index contributed by atoms with van der Waals surface area (Å²) >= 11 is 0. The Bertz CT molecular complexity index is 1290. The van der Waals surface area contributed by atoms with Gasteiger partial charge in [0.1, 0.15) is 36.6 Å². The van der Waals surface area contributed by atoms with Crippen LogP contribution in [-0.4, -0.2) is 56.4 Å². The fourth-order valence-corrected chi connectivity index (χ4v) is 4.13. The number of rotatable bonds is 17. The van der Waals surface area contributed by atoms with Crippen molar-refractivity contribution in [3.63, 3.8) is 0 Å². The normalized spacial score (nSPS) is 13.0. The van der Waals surface area contributed by atoms with Gasteiger partial charge in [0, 0.05) is 24.1 Å². The number of esters is 4. The lowest BCUT2D eigenvalue weighted by atomic mass is 9.98. The van der Waals surface area contributed by atoms with E-state index in [4.69, 9.17) is 28.4 Å². The van der Waals surface area contributed by atoms with E-state index >= 15 is 0 Å². The molecule has 0 spiro atoms. The van der Waals surface area contributed by atoms with Gasteiger partial charge in [0.25, 0.3) is 0 Å². The molecule has 0 atom stereocenters. The number of benzene rings is 2. The van der Waals surface area contributed by atoms with Gasteiger partial charge in [0.15, 0.2) is 0 Å². The molecular weight excluding hydrogens is 568 g/mol. The lowest BCUT2D eigenvalue weighted by Gasteiger charge is -2.21. The summed E-state index contributed by atoms with van der Waals surface area (Å²) in [5, 5.41) is 0. The van der Waals surface area contributed by atoms with Gasteiger partial charge in [-0.25, -0.2) is 14.4 Å². The second kappa shape index (κ2) is 18.6. The Labute approximate surface area is 257 Å². The Hall–Kier alpha value is -4.86. The molecule has 0 aromatic heterocycles. The minimum Gasteiger partial charge on any atom is -0.493 e. The number of ether oxygens (including phenoxy) is 6. The van der Waals surface area contributed by atoms with Gasteiger partial charge in [-0.05, 0) is 73.7 Å². The average molecular weight is 607 g/mol. The van der Waals surface area contributed by atoms with Crippen LogP contribution in [0.1, 0.15) is 50.5 Å². The zero-order valence-corrected chi connectivity index (χ0v) is 24.7. The molecule has 3 rings (SSSR count). The molecule has 1 fully saturated rings. The van der Waals surface area contributed by atoms with Crippen LogP contribution in [0.2, 0.25) is 0 Å². The molecule has 10 nitrogen and oxygen atoms in total. The van der Waals surface area contributed by atoms with Gasteiger partial charge < -0.3 is 28.4 Å². The van der Waals surface area contributed by atoms with E-state index in [9.17, 15) is 19.2 Å². The lowest BCUT2D eigenvalue weighted by Crippen LogP contribution is -2.22. The molecule has 0 saturated heterocycles. The maximum Gasteiger partial charge on any atom is 0.336 e. The van der Waals surface area contributed by atoms with Crippen LogP contribution in [0.4, 0.5) is 0 Å². The summed E-state index contributed by atoms with van der Waals surface area (Å²) < 4.78 is 31.9. The highest BCUT2D eigenvalue weighted by molar-refractivity contribution is 5.93. The van der Waals surface area contributed by atoms with Crippen molar-refractivity contribution in [2.24, 2.45) is 0 Å². The van der Waals surface area contributed by atoms with Crippen LogP contribution in [0.3, 0.4) is 0 Å². The van der Waals surface area contributed by atoms with E-state index < -0.39 is 23.9 Å². The fourth-order valence-electron chi connectivity index (χ4n) is 4.13. The first-order valence-corrected chi connectivity index (χ1v) is 14.5. The molecule has 0 heterocycles. The maximum atomic E-state index is 12.2. The van der Waals surface area contributed by atoms with E-state index in [1.165, 1.54) is 6.08 Å². The summed E-state index contributed by atoms with van der Waals surface area (Å²) in [5.41, 5.74) is 0.833. The predicted octanol–water partition coefficient (Wildman–Crippen LogP) is 5.55. The first-order chi connectivity index (χ1) is 21.3. The second-order valence-electron chi connectivity index (χ2n) is 9.88. The maximum absolute atomic E-state index is 12.2. The van der Waals surface area contributed by atoms with Crippen molar-refractivity contribution in [3.05, 3.63) is 85.0 Å². The number of hydrogen-bond donors (Lipinski definition) is 0. The Morgan fingerprint density at radius 2 is 1.39 bits per heavy atom. The molecule has 0 N–H and O–H groups in total. The molecule has 10 heteroatoms.